The van der Waals surface area contributed by atoms with Gasteiger partial charge < -0.3 is 10.1 Å². The van der Waals surface area contributed by atoms with Gasteiger partial charge in [-0.25, -0.2) is 0 Å². The van der Waals surface area contributed by atoms with E-state index in [0.29, 0.717) is 22.3 Å². The van der Waals surface area contributed by atoms with Crippen molar-refractivity contribution in [1.29, 1.82) is 0 Å². The van der Waals surface area contributed by atoms with Gasteiger partial charge in [0.2, 0.25) is 0 Å². The van der Waals surface area contributed by atoms with Gasteiger partial charge in [-0.05, 0) is 48.1 Å². The maximum absolute atomic E-state index is 12.6. The van der Waals surface area contributed by atoms with Gasteiger partial charge in [0.1, 0.15) is 12.4 Å². The molecule has 1 atom stereocenters. The van der Waals surface area contributed by atoms with Crippen LogP contribution in [0.3, 0.4) is 0 Å². The third-order valence-corrected chi connectivity index (χ3v) is 5.56. The molecule has 5 heteroatoms. The zero-order valence-corrected chi connectivity index (χ0v) is 16.9. The first-order valence-corrected chi connectivity index (χ1v) is 10.1. The van der Waals surface area contributed by atoms with Crippen LogP contribution in [0.4, 0.5) is 0 Å². The molecule has 0 aliphatic heterocycles. The Morgan fingerprint density at radius 2 is 1.96 bits per heavy atom. The van der Waals surface area contributed by atoms with Crippen LogP contribution < -0.4 is 10.1 Å². The van der Waals surface area contributed by atoms with E-state index in [1.54, 1.807) is 0 Å². The predicted octanol–water partition coefficient (Wildman–Crippen LogP) is 6.17. The largest absolute Gasteiger partial charge is 0.487 e. The minimum Gasteiger partial charge on any atom is -0.487 e. The number of carbonyl (C=O) groups excluding carboxylic acids is 1. The molecule has 0 bridgehead atoms. The van der Waals surface area contributed by atoms with Crippen molar-refractivity contribution in [3.05, 3.63) is 86.6 Å². The molecule has 0 fully saturated rings. The van der Waals surface area contributed by atoms with Crippen LogP contribution in [-0.4, -0.2) is 5.91 Å². The minimum absolute atomic E-state index is 0.00611. The third-order valence-electron chi connectivity index (χ3n) is 4.27. The fourth-order valence-electron chi connectivity index (χ4n) is 2.79. The maximum atomic E-state index is 12.6. The molecule has 1 aromatic heterocycles. The molecule has 3 rings (SSSR count). The molecule has 0 aliphatic rings. The van der Waals surface area contributed by atoms with Crippen LogP contribution in [0.2, 0.25) is 5.02 Å². The summed E-state index contributed by atoms with van der Waals surface area (Å²) < 4.78 is 5.81. The van der Waals surface area contributed by atoms with E-state index < -0.39 is 0 Å². The van der Waals surface area contributed by atoms with Crippen LogP contribution in [-0.2, 0) is 6.61 Å². The monoisotopic (exact) mass is 399 g/mol. The van der Waals surface area contributed by atoms with E-state index >= 15 is 0 Å². The highest BCUT2D eigenvalue weighted by Gasteiger charge is 2.16. The number of ether oxygens (including phenoxy) is 1. The molecule has 0 radical (unpaired) electrons. The summed E-state index contributed by atoms with van der Waals surface area (Å²) in [6.07, 6.45) is 0.836. The van der Waals surface area contributed by atoms with Crippen LogP contribution in [0, 0.1) is 6.92 Å². The van der Waals surface area contributed by atoms with E-state index in [-0.39, 0.29) is 11.9 Å². The molecule has 0 spiro atoms. The number of aryl methyl sites for hydroxylation is 1. The second-order valence-corrected chi connectivity index (χ2v) is 7.71. The van der Waals surface area contributed by atoms with Gasteiger partial charge in [-0.2, -0.15) is 0 Å². The maximum Gasteiger partial charge on any atom is 0.261 e. The molecule has 0 saturated heterocycles. The van der Waals surface area contributed by atoms with Crippen molar-refractivity contribution in [2.75, 3.05) is 0 Å². The predicted molar refractivity (Wildman–Crippen MR) is 112 cm³/mol. The molecule has 0 saturated carbocycles. The molecule has 140 valence electrons. The Bertz CT molecular complexity index is 908. The first kappa shape index (κ1) is 19.5. The summed E-state index contributed by atoms with van der Waals surface area (Å²) in [6, 6.07) is 17.6. The van der Waals surface area contributed by atoms with E-state index in [2.05, 4.69) is 12.2 Å². The quantitative estimate of drug-likeness (QED) is 0.515. The van der Waals surface area contributed by atoms with Crippen molar-refractivity contribution in [1.82, 2.24) is 5.32 Å². The lowest BCUT2D eigenvalue weighted by Gasteiger charge is -2.16. The summed E-state index contributed by atoms with van der Waals surface area (Å²) in [4.78, 5) is 13.3. The zero-order chi connectivity index (χ0) is 19.2. The lowest BCUT2D eigenvalue weighted by molar-refractivity contribution is 0.0939. The number of amides is 1. The highest BCUT2D eigenvalue weighted by atomic mass is 35.5. The first-order valence-electron chi connectivity index (χ1n) is 8.89. The SMILES string of the molecule is CCC(NC(=O)c1cc(COc2cc(C)ccc2Cl)cs1)c1ccccc1. The number of halogens is 1. The summed E-state index contributed by atoms with van der Waals surface area (Å²) in [6.45, 7) is 4.44. The Morgan fingerprint density at radius 1 is 1.19 bits per heavy atom. The van der Waals surface area contributed by atoms with Crippen LogP contribution in [0.1, 0.15) is 45.7 Å². The van der Waals surface area contributed by atoms with Crippen molar-refractivity contribution in [2.45, 2.75) is 32.9 Å². The van der Waals surface area contributed by atoms with Gasteiger partial charge in [0.25, 0.3) is 5.91 Å². The fourth-order valence-corrected chi connectivity index (χ4v) is 3.76. The lowest BCUT2D eigenvalue weighted by atomic mass is 10.0. The van der Waals surface area contributed by atoms with E-state index in [1.165, 1.54) is 11.3 Å². The number of hydrogen-bond donors (Lipinski definition) is 1. The van der Waals surface area contributed by atoms with Crippen molar-refractivity contribution in [3.8, 4) is 5.75 Å². The molecule has 2 aromatic carbocycles. The molecule has 3 nitrogen and oxygen atoms in total. The topological polar surface area (TPSA) is 38.3 Å². The molecule has 27 heavy (non-hydrogen) atoms. The van der Waals surface area contributed by atoms with Crippen LogP contribution in [0.5, 0.6) is 5.75 Å². The van der Waals surface area contributed by atoms with Gasteiger partial charge in [-0.15, -0.1) is 11.3 Å². The molecule has 3 aromatic rings. The molecule has 0 aliphatic carbocycles. The Balaban J connectivity index is 1.62. The van der Waals surface area contributed by atoms with Crippen LogP contribution >= 0.6 is 22.9 Å². The van der Waals surface area contributed by atoms with Crippen molar-refractivity contribution in [2.24, 2.45) is 0 Å². The van der Waals surface area contributed by atoms with E-state index in [9.17, 15) is 4.79 Å². The Hall–Kier alpha value is -2.30. The van der Waals surface area contributed by atoms with Crippen molar-refractivity contribution in [3.63, 3.8) is 0 Å². The van der Waals surface area contributed by atoms with Gasteiger partial charge in [-0.1, -0.05) is 54.9 Å². The van der Waals surface area contributed by atoms with Gasteiger partial charge in [0, 0.05) is 5.56 Å². The highest BCUT2D eigenvalue weighted by Crippen LogP contribution is 2.27. The van der Waals surface area contributed by atoms with Crippen LogP contribution in [0.25, 0.3) is 0 Å². The van der Waals surface area contributed by atoms with Gasteiger partial charge in [-0.3, -0.25) is 4.79 Å². The summed E-state index contributed by atoms with van der Waals surface area (Å²) in [5.74, 6) is 0.597. The summed E-state index contributed by atoms with van der Waals surface area (Å²) in [5.41, 5.74) is 3.16. The second kappa shape index (κ2) is 9.07. The Kier molecular flexibility index (Phi) is 6.54. The summed E-state index contributed by atoms with van der Waals surface area (Å²) in [7, 11) is 0. The standard InChI is InChI=1S/C22H22ClNO2S/c1-3-19(17-7-5-4-6-8-17)24-22(25)21-12-16(14-27-21)13-26-20-11-15(2)9-10-18(20)23/h4-12,14,19H,3,13H2,1-2H3,(H,24,25). The third kappa shape index (κ3) is 5.12. The summed E-state index contributed by atoms with van der Waals surface area (Å²) >= 11 is 7.59. The van der Waals surface area contributed by atoms with Gasteiger partial charge >= 0.3 is 0 Å². The molecular weight excluding hydrogens is 378 g/mol. The molecule has 1 unspecified atom stereocenters. The number of thiophene rings is 1. The van der Waals surface area contributed by atoms with Crippen molar-refractivity contribution < 1.29 is 9.53 Å². The molecular formula is C22H22ClNO2S. The van der Waals surface area contributed by atoms with E-state index in [4.69, 9.17) is 16.3 Å². The number of nitrogens with one attached hydrogen (secondary N) is 1. The highest BCUT2D eigenvalue weighted by molar-refractivity contribution is 7.12. The lowest BCUT2D eigenvalue weighted by Crippen LogP contribution is -2.27. The average molecular weight is 400 g/mol. The smallest absolute Gasteiger partial charge is 0.261 e. The van der Waals surface area contributed by atoms with Gasteiger partial charge in [0.15, 0.2) is 0 Å². The summed E-state index contributed by atoms with van der Waals surface area (Å²) in [5, 5.41) is 5.64. The number of rotatable bonds is 7. The Labute approximate surface area is 169 Å². The fraction of sp³-hybridized carbons (Fsp3) is 0.227. The number of benzene rings is 2. The Morgan fingerprint density at radius 3 is 2.70 bits per heavy atom. The minimum atomic E-state index is -0.0597. The van der Waals surface area contributed by atoms with Crippen molar-refractivity contribution >= 4 is 28.8 Å². The number of hydrogen-bond acceptors (Lipinski definition) is 3. The second-order valence-electron chi connectivity index (χ2n) is 6.39. The van der Waals surface area contributed by atoms with E-state index in [1.807, 2.05) is 66.9 Å². The van der Waals surface area contributed by atoms with Crippen LogP contribution in [0.15, 0.2) is 60.0 Å². The number of carbonyl (C=O) groups is 1. The average Bonchev–Trinajstić information content (AvgIpc) is 3.16. The molecule has 1 heterocycles. The normalized spacial score (nSPS) is 11.8. The molecule has 1 N–H and O–H groups in total. The molecule has 1 amide bonds. The zero-order valence-electron chi connectivity index (χ0n) is 15.4. The van der Waals surface area contributed by atoms with Gasteiger partial charge in [0.05, 0.1) is 15.9 Å². The first-order chi connectivity index (χ1) is 13.1. The van der Waals surface area contributed by atoms with E-state index in [0.717, 1.165) is 23.1 Å².